The highest BCUT2D eigenvalue weighted by molar-refractivity contribution is 9.10. The van der Waals surface area contributed by atoms with Crippen LogP contribution in [0.2, 0.25) is 0 Å². The highest BCUT2D eigenvalue weighted by atomic mass is 79.9. The Morgan fingerprint density at radius 2 is 2.15 bits per heavy atom. The maximum Gasteiger partial charge on any atom is 0.175 e. The van der Waals surface area contributed by atoms with Gasteiger partial charge in [-0.05, 0) is 46.6 Å². The molecule has 0 aliphatic carbocycles. The molecule has 0 spiro atoms. The molecule has 0 radical (unpaired) electrons. The topological polar surface area (TPSA) is 47.6 Å². The number of halogens is 1. The van der Waals surface area contributed by atoms with Crippen molar-refractivity contribution < 1.29 is 13.7 Å². The average molecular weight is 362 g/mol. The summed E-state index contributed by atoms with van der Waals surface area (Å²) in [7, 11) is -0.705. The molecule has 0 fully saturated rings. The van der Waals surface area contributed by atoms with Crippen molar-refractivity contribution in [2.45, 2.75) is 19.4 Å². The standard InChI is InChI=1S/C14H20BrNO3S/c1-20(17)7-2-4-16-10-11-8-12(15)14-13(9-11)18-5-3-6-19-14/h8-9,16H,2-7,10H2,1H3. The van der Waals surface area contributed by atoms with E-state index in [0.29, 0.717) is 13.2 Å². The van der Waals surface area contributed by atoms with Crippen molar-refractivity contribution in [3.8, 4) is 11.5 Å². The van der Waals surface area contributed by atoms with Gasteiger partial charge in [0.15, 0.2) is 11.5 Å². The van der Waals surface area contributed by atoms with E-state index in [1.54, 1.807) is 6.26 Å². The summed E-state index contributed by atoms with van der Waals surface area (Å²) in [5, 5.41) is 3.36. The van der Waals surface area contributed by atoms with Gasteiger partial charge in [0, 0.05) is 35.8 Å². The SMILES string of the molecule is CS(=O)CCCNCc1cc(Br)c2c(c1)OCCCO2. The first-order valence-corrected chi connectivity index (χ1v) is 9.27. The normalized spacial score (nSPS) is 15.7. The van der Waals surface area contributed by atoms with Crippen molar-refractivity contribution in [3.63, 3.8) is 0 Å². The van der Waals surface area contributed by atoms with Crippen molar-refractivity contribution >= 4 is 26.7 Å². The fourth-order valence-corrected chi connectivity index (χ4v) is 3.17. The van der Waals surface area contributed by atoms with Gasteiger partial charge in [-0.3, -0.25) is 4.21 Å². The van der Waals surface area contributed by atoms with Gasteiger partial charge in [0.1, 0.15) is 0 Å². The molecule has 0 saturated carbocycles. The summed E-state index contributed by atoms with van der Waals surface area (Å²) in [4.78, 5) is 0. The van der Waals surface area contributed by atoms with Crippen molar-refractivity contribution in [3.05, 3.63) is 22.2 Å². The predicted molar refractivity (Wildman–Crippen MR) is 85.0 cm³/mol. The molecular weight excluding hydrogens is 342 g/mol. The van der Waals surface area contributed by atoms with Crippen LogP contribution in [0, 0.1) is 0 Å². The third-order valence-corrected chi connectivity index (χ3v) is 4.43. The largest absolute Gasteiger partial charge is 0.490 e. The van der Waals surface area contributed by atoms with Crippen molar-refractivity contribution in [1.29, 1.82) is 0 Å². The van der Waals surface area contributed by atoms with Gasteiger partial charge in [0.2, 0.25) is 0 Å². The number of nitrogens with one attached hydrogen (secondary N) is 1. The lowest BCUT2D eigenvalue weighted by molar-refractivity contribution is 0.296. The zero-order valence-electron chi connectivity index (χ0n) is 11.6. The molecule has 1 aromatic rings. The Morgan fingerprint density at radius 1 is 1.35 bits per heavy atom. The van der Waals surface area contributed by atoms with Gasteiger partial charge in [-0.15, -0.1) is 0 Å². The lowest BCUT2D eigenvalue weighted by Gasteiger charge is -2.12. The van der Waals surface area contributed by atoms with Gasteiger partial charge in [-0.1, -0.05) is 0 Å². The van der Waals surface area contributed by atoms with E-state index >= 15 is 0 Å². The van der Waals surface area contributed by atoms with E-state index in [1.165, 1.54) is 0 Å². The molecule has 0 bridgehead atoms. The van der Waals surface area contributed by atoms with Gasteiger partial charge >= 0.3 is 0 Å². The second-order valence-corrected chi connectivity index (χ2v) is 7.17. The average Bonchev–Trinajstić information content (AvgIpc) is 2.63. The first-order valence-electron chi connectivity index (χ1n) is 6.75. The van der Waals surface area contributed by atoms with Gasteiger partial charge in [-0.25, -0.2) is 0 Å². The molecule has 6 heteroatoms. The minimum absolute atomic E-state index is 0.692. The minimum Gasteiger partial charge on any atom is -0.490 e. The van der Waals surface area contributed by atoms with Crippen LogP contribution in [-0.4, -0.2) is 36.0 Å². The Kier molecular flexibility index (Phi) is 6.32. The predicted octanol–water partition coefficient (Wildman–Crippen LogP) is 2.47. The van der Waals surface area contributed by atoms with Gasteiger partial charge in [-0.2, -0.15) is 0 Å². The van der Waals surface area contributed by atoms with Crippen LogP contribution in [-0.2, 0) is 17.3 Å². The Hall–Kier alpha value is -0.590. The van der Waals surface area contributed by atoms with E-state index in [9.17, 15) is 4.21 Å². The lowest BCUT2D eigenvalue weighted by Crippen LogP contribution is -2.16. The molecule has 1 heterocycles. The molecule has 1 aliphatic rings. The lowest BCUT2D eigenvalue weighted by atomic mass is 10.2. The van der Waals surface area contributed by atoms with E-state index in [2.05, 4.69) is 27.3 Å². The van der Waals surface area contributed by atoms with Gasteiger partial charge in [0.05, 0.1) is 17.7 Å². The number of hydrogen-bond acceptors (Lipinski definition) is 4. The maximum atomic E-state index is 11.0. The Labute approximate surface area is 130 Å². The first-order chi connectivity index (χ1) is 9.66. The summed E-state index contributed by atoms with van der Waals surface area (Å²) in [5.41, 5.74) is 1.15. The summed E-state index contributed by atoms with van der Waals surface area (Å²) in [6.45, 7) is 3.02. The van der Waals surface area contributed by atoms with Crippen LogP contribution in [0.1, 0.15) is 18.4 Å². The Balaban J connectivity index is 1.90. The van der Waals surface area contributed by atoms with E-state index in [1.807, 2.05) is 6.07 Å². The molecule has 4 nitrogen and oxygen atoms in total. The molecule has 0 aromatic heterocycles. The van der Waals surface area contributed by atoms with Crippen molar-refractivity contribution in [2.24, 2.45) is 0 Å². The minimum atomic E-state index is -0.705. The first kappa shape index (κ1) is 15.8. The summed E-state index contributed by atoms with van der Waals surface area (Å²) < 4.78 is 23.3. The van der Waals surface area contributed by atoms with Crippen LogP contribution >= 0.6 is 15.9 Å². The molecule has 1 unspecified atom stereocenters. The molecule has 1 atom stereocenters. The van der Waals surface area contributed by atoms with Crippen LogP contribution in [0.5, 0.6) is 11.5 Å². The van der Waals surface area contributed by atoms with E-state index in [-0.39, 0.29) is 0 Å². The highest BCUT2D eigenvalue weighted by Crippen LogP contribution is 2.38. The third-order valence-electron chi connectivity index (χ3n) is 2.98. The fourth-order valence-electron chi connectivity index (χ4n) is 2.02. The van der Waals surface area contributed by atoms with Crippen molar-refractivity contribution in [1.82, 2.24) is 5.32 Å². The molecule has 2 rings (SSSR count). The fraction of sp³-hybridized carbons (Fsp3) is 0.571. The number of fused-ring (bicyclic) bond motifs is 1. The summed E-state index contributed by atoms with van der Waals surface area (Å²) in [6, 6.07) is 4.08. The van der Waals surface area contributed by atoms with E-state index in [4.69, 9.17) is 9.47 Å². The maximum absolute atomic E-state index is 11.0. The number of ether oxygens (including phenoxy) is 2. The smallest absolute Gasteiger partial charge is 0.175 e. The molecule has 112 valence electrons. The monoisotopic (exact) mass is 361 g/mol. The molecule has 1 aliphatic heterocycles. The third kappa shape index (κ3) is 4.75. The number of benzene rings is 1. The van der Waals surface area contributed by atoms with Gasteiger partial charge < -0.3 is 14.8 Å². The molecule has 0 amide bonds. The van der Waals surface area contributed by atoms with Crippen LogP contribution < -0.4 is 14.8 Å². The zero-order valence-corrected chi connectivity index (χ0v) is 14.0. The zero-order chi connectivity index (χ0) is 14.4. The Bertz CT molecular complexity index is 482. The van der Waals surface area contributed by atoms with Crippen LogP contribution in [0.15, 0.2) is 16.6 Å². The Morgan fingerprint density at radius 3 is 2.95 bits per heavy atom. The molecule has 0 saturated heterocycles. The highest BCUT2D eigenvalue weighted by Gasteiger charge is 2.14. The van der Waals surface area contributed by atoms with Crippen LogP contribution in [0.25, 0.3) is 0 Å². The molecule has 1 N–H and O–H groups in total. The van der Waals surface area contributed by atoms with E-state index < -0.39 is 10.8 Å². The quantitative estimate of drug-likeness (QED) is 0.790. The van der Waals surface area contributed by atoms with Crippen LogP contribution in [0.3, 0.4) is 0 Å². The van der Waals surface area contributed by atoms with Gasteiger partial charge in [0.25, 0.3) is 0 Å². The summed E-state index contributed by atoms with van der Waals surface area (Å²) in [6.07, 6.45) is 3.57. The van der Waals surface area contributed by atoms with Crippen LogP contribution in [0.4, 0.5) is 0 Å². The summed E-state index contributed by atoms with van der Waals surface area (Å²) >= 11 is 3.54. The van der Waals surface area contributed by atoms with E-state index in [0.717, 1.165) is 53.2 Å². The number of rotatable bonds is 6. The second-order valence-electron chi connectivity index (χ2n) is 4.76. The second kappa shape index (κ2) is 8.00. The van der Waals surface area contributed by atoms with Crippen molar-refractivity contribution in [2.75, 3.05) is 31.8 Å². The summed E-state index contributed by atoms with van der Waals surface area (Å²) in [5.74, 6) is 2.36. The molecular formula is C14H20BrNO3S. The number of hydrogen-bond donors (Lipinski definition) is 1. The molecule has 20 heavy (non-hydrogen) atoms. The molecule has 1 aromatic carbocycles.